The average Bonchev–Trinajstić information content (AvgIpc) is 2.63. The van der Waals surface area contributed by atoms with Crippen molar-refractivity contribution in [1.82, 2.24) is 0 Å². The molecule has 0 fully saturated rings. The highest BCUT2D eigenvalue weighted by molar-refractivity contribution is 5.68. The molecule has 0 heterocycles. The molecule has 0 radical (unpaired) electrons. The van der Waals surface area contributed by atoms with Crippen molar-refractivity contribution in [2.24, 2.45) is 0 Å². The highest BCUT2D eigenvalue weighted by Gasteiger charge is 2.27. The summed E-state index contributed by atoms with van der Waals surface area (Å²) < 4.78 is 10.7. The van der Waals surface area contributed by atoms with Gasteiger partial charge in [0.1, 0.15) is 11.5 Å². The van der Waals surface area contributed by atoms with Crippen LogP contribution in [0.2, 0.25) is 0 Å². The van der Waals surface area contributed by atoms with Crippen LogP contribution in [0.5, 0.6) is 11.5 Å². The minimum Gasteiger partial charge on any atom is -0.395 e. The number of hydrogen-bond acceptors (Lipinski definition) is 3. The molecule has 0 spiro atoms. The smallest absolute Gasteiger partial charge is 0.395 e. The number of rotatable bonds is 4. The molecule has 0 saturated carbocycles. The molecule has 0 bridgehead atoms. The number of hydrogen-bond donors (Lipinski definition) is 0. The minimum atomic E-state index is -0.748. The predicted octanol–water partition coefficient (Wildman–Crippen LogP) is 5.59. The Bertz CT molecular complexity index is 839. The van der Waals surface area contributed by atoms with Crippen LogP contribution >= 0.6 is 0 Å². The Morgan fingerprint density at radius 3 is 1.96 bits per heavy atom. The second-order valence-electron chi connectivity index (χ2n) is 6.25. The van der Waals surface area contributed by atoms with Crippen LogP contribution < -0.4 is 9.47 Å². The molecule has 3 nitrogen and oxygen atoms in total. The second-order valence-corrected chi connectivity index (χ2v) is 6.25. The predicted molar refractivity (Wildman–Crippen MR) is 98.1 cm³/mol. The molecular weight excluding hydrogens is 312 g/mol. The van der Waals surface area contributed by atoms with E-state index in [9.17, 15) is 4.79 Å². The lowest BCUT2D eigenvalue weighted by atomic mass is 9.78. The Morgan fingerprint density at radius 1 is 0.720 bits per heavy atom. The summed E-state index contributed by atoms with van der Waals surface area (Å²) in [6.07, 6.45) is -0.748. The molecule has 0 unspecified atom stereocenters. The molecule has 0 aliphatic rings. The standard InChI is InChI=1S/C22H20O3/c1-22(2,17-11-5-3-6-12-17)19-15-9-10-16-20(19)25-21(23)24-18-13-7-4-8-14-18/h3-16H,1-2H3. The van der Waals surface area contributed by atoms with Gasteiger partial charge in [-0.05, 0) is 23.8 Å². The second kappa shape index (κ2) is 7.22. The van der Waals surface area contributed by atoms with Crippen LogP contribution in [0.25, 0.3) is 0 Å². The van der Waals surface area contributed by atoms with Gasteiger partial charge in [0, 0.05) is 11.0 Å². The number of ether oxygens (including phenoxy) is 2. The third-order valence-corrected chi connectivity index (χ3v) is 4.19. The molecular formula is C22H20O3. The lowest BCUT2D eigenvalue weighted by Crippen LogP contribution is -2.22. The number of carbonyl (C=O) groups is 1. The molecule has 3 aromatic rings. The van der Waals surface area contributed by atoms with Crippen molar-refractivity contribution in [2.75, 3.05) is 0 Å². The number of benzene rings is 3. The highest BCUT2D eigenvalue weighted by atomic mass is 16.7. The first kappa shape index (κ1) is 16.8. The first-order chi connectivity index (χ1) is 12.1. The summed E-state index contributed by atoms with van der Waals surface area (Å²) in [6.45, 7) is 4.21. The molecule has 0 N–H and O–H groups in total. The molecule has 3 aromatic carbocycles. The molecule has 0 saturated heterocycles. The fourth-order valence-corrected chi connectivity index (χ4v) is 2.78. The average molecular weight is 332 g/mol. The van der Waals surface area contributed by atoms with Crippen LogP contribution in [0, 0.1) is 0 Å². The van der Waals surface area contributed by atoms with Crippen molar-refractivity contribution in [3.8, 4) is 11.5 Å². The van der Waals surface area contributed by atoms with Crippen LogP contribution in [0.1, 0.15) is 25.0 Å². The summed E-state index contributed by atoms with van der Waals surface area (Å²) in [5.74, 6) is 0.949. The van der Waals surface area contributed by atoms with Crippen LogP contribution in [-0.2, 0) is 5.41 Å². The van der Waals surface area contributed by atoms with Crippen molar-refractivity contribution in [2.45, 2.75) is 19.3 Å². The zero-order valence-corrected chi connectivity index (χ0v) is 14.3. The Kier molecular flexibility index (Phi) is 4.85. The Labute approximate surface area is 147 Å². The van der Waals surface area contributed by atoms with Gasteiger partial charge < -0.3 is 9.47 Å². The van der Waals surface area contributed by atoms with Gasteiger partial charge in [0.05, 0.1) is 0 Å². The van der Waals surface area contributed by atoms with Gasteiger partial charge >= 0.3 is 6.16 Å². The SMILES string of the molecule is CC(C)(c1ccccc1)c1ccccc1OC(=O)Oc1ccccc1. The maximum absolute atomic E-state index is 12.2. The van der Waals surface area contributed by atoms with Gasteiger partial charge in [-0.2, -0.15) is 0 Å². The normalized spacial score (nSPS) is 11.0. The topological polar surface area (TPSA) is 35.5 Å². The molecule has 0 aliphatic carbocycles. The van der Waals surface area contributed by atoms with Crippen molar-refractivity contribution in [3.63, 3.8) is 0 Å². The zero-order chi connectivity index (χ0) is 17.7. The molecule has 126 valence electrons. The molecule has 0 atom stereocenters. The number of para-hydroxylation sites is 2. The third kappa shape index (κ3) is 3.89. The minimum absolute atomic E-state index is 0.315. The van der Waals surface area contributed by atoms with E-state index in [0.29, 0.717) is 11.5 Å². The largest absolute Gasteiger partial charge is 0.519 e. The van der Waals surface area contributed by atoms with Gasteiger partial charge in [0.25, 0.3) is 0 Å². The first-order valence-corrected chi connectivity index (χ1v) is 8.17. The highest BCUT2D eigenvalue weighted by Crippen LogP contribution is 2.37. The summed E-state index contributed by atoms with van der Waals surface area (Å²) >= 11 is 0. The zero-order valence-electron chi connectivity index (χ0n) is 14.3. The fraction of sp³-hybridized carbons (Fsp3) is 0.136. The number of carbonyl (C=O) groups excluding carboxylic acids is 1. The van der Waals surface area contributed by atoms with Gasteiger partial charge in [-0.1, -0.05) is 80.6 Å². The molecule has 25 heavy (non-hydrogen) atoms. The molecule has 3 heteroatoms. The summed E-state index contributed by atoms with van der Waals surface area (Å²) in [5, 5.41) is 0. The van der Waals surface area contributed by atoms with E-state index in [2.05, 4.69) is 26.0 Å². The summed E-state index contributed by atoms with van der Waals surface area (Å²) in [4.78, 5) is 12.2. The third-order valence-electron chi connectivity index (χ3n) is 4.19. The van der Waals surface area contributed by atoms with E-state index >= 15 is 0 Å². The van der Waals surface area contributed by atoms with E-state index < -0.39 is 6.16 Å². The van der Waals surface area contributed by atoms with Crippen molar-refractivity contribution >= 4 is 6.16 Å². The van der Waals surface area contributed by atoms with E-state index in [1.165, 1.54) is 0 Å². The van der Waals surface area contributed by atoms with E-state index in [-0.39, 0.29) is 5.41 Å². The van der Waals surface area contributed by atoms with E-state index in [1.54, 1.807) is 30.3 Å². The Balaban J connectivity index is 1.85. The van der Waals surface area contributed by atoms with E-state index in [0.717, 1.165) is 11.1 Å². The lowest BCUT2D eigenvalue weighted by Gasteiger charge is -2.27. The van der Waals surface area contributed by atoms with Gasteiger partial charge in [0.15, 0.2) is 0 Å². The van der Waals surface area contributed by atoms with Gasteiger partial charge in [-0.25, -0.2) is 4.79 Å². The Morgan fingerprint density at radius 2 is 1.28 bits per heavy atom. The lowest BCUT2D eigenvalue weighted by molar-refractivity contribution is 0.151. The first-order valence-electron chi connectivity index (χ1n) is 8.17. The van der Waals surface area contributed by atoms with Gasteiger partial charge in [-0.15, -0.1) is 0 Å². The van der Waals surface area contributed by atoms with Gasteiger partial charge in [-0.3, -0.25) is 0 Å². The Hall–Kier alpha value is -3.07. The van der Waals surface area contributed by atoms with E-state index in [4.69, 9.17) is 9.47 Å². The molecule has 3 rings (SSSR count). The summed E-state index contributed by atoms with van der Waals surface area (Å²) in [5.41, 5.74) is 1.75. The van der Waals surface area contributed by atoms with Crippen molar-refractivity contribution < 1.29 is 14.3 Å². The molecule has 0 aliphatic heterocycles. The van der Waals surface area contributed by atoms with Crippen LogP contribution in [0.3, 0.4) is 0 Å². The van der Waals surface area contributed by atoms with Crippen molar-refractivity contribution in [1.29, 1.82) is 0 Å². The van der Waals surface area contributed by atoms with Crippen LogP contribution in [0.4, 0.5) is 4.79 Å². The monoisotopic (exact) mass is 332 g/mol. The maximum atomic E-state index is 12.2. The van der Waals surface area contributed by atoms with E-state index in [1.807, 2.05) is 42.5 Å². The molecule has 0 amide bonds. The van der Waals surface area contributed by atoms with Crippen LogP contribution in [0.15, 0.2) is 84.9 Å². The fourth-order valence-electron chi connectivity index (χ4n) is 2.78. The van der Waals surface area contributed by atoms with Gasteiger partial charge in [0.2, 0.25) is 0 Å². The van der Waals surface area contributed by atoms with Crippen LogP contribution in [-0.4, -0.2) is 6.16 Å². The maximum Gasteiger partial charge on any atom is 0.519 e. The quantitative estimate of drug-likeness (QED) is 0.461. The van der Waals surface area contributed by atoms with Crippen molar-refractivity contribution in [3.05, 3.63) is 96.1 Å². The summed E-state index contributed by atoms with van der Waals surface area (Å²) in [7, 11) is 0. The molecule has 0 aromatic heterocycles. The summed E-state index contributed by atoms with van der Waals surface area (Å²) in [6, 6.07) is 26.5.